The van der Waals surface area contributed by atoms with Gasteiger partial charge in [-0.25, -0.2) is 23.1 Å². The van der Waals surface area contributed by atoms with Crippen molar-refractivity contribution >= 4 is 15.8 Å². The molecular weight excluding hydrogens is 352 g/mol. The SMILES string of the molecule is Cc1ccc(C)c(S(=O)(=O)NCc2nc(C)cc(N3CCOCC3)n2)c1. The van der Waals surface area contributed by atoms with E-state index in [4.69, 9.17) is 4.74 Å². The average molecular weight is 376 g/mol. The molecule has 3 rings (SSSR count). The number of sulfonamides is 1. The summed E-state index contributed by atoms with van der Waals surface area (Å²) in [7, 11) is -3.63. The van der Waals surface area contributed by atoms with E-state index in [1.165, 1.54) is 0 Å². The number of morpholine rings is 1. The molecule has 1 aliphatic heterocycles. The van der Waals surface area contributed by atoms with E-state index in [9.17, 15) is 8.42 Å². The van der Waals surface area contributed by atoms with Crippen molar-refractivity contribution in [2.45, 2.75) is 32.2 Å². The molecule has 1 fully saturated rings. The number of ether oxygens (including phenoxy) is 1. The molecule has 0 aliphatic carbocycles. The molecule has 0 radical (unpaired) electrons. The average Bonchev–Trinajstić information content (AvgIpc) is 2.62. The highest BCUT2D eigenvalue weighted by Gasteiger charge is 2.19. The first-order valence-corrected chi connectivity index (χ1v) is 10.1. The lowest BCUT2D eigenvalue weighted by molar-refractivity contribution is 0.122. The van der Waals surface area contributed by atoms with Gasteiger partial charge in [-0.3, -0.25) is 0 Å². The van der Waals surface area contributed by atoms with Crippen LogP contribution in [0.25, 0.3) is 0 Å². The highest BCUT2D eigenvalue weighted by atomic mass is 32.2. The van der Waals surface area contributed by atoms with Gasteiger partial charge < -0.3 is 9.64 Å². The smallest absolute Gasteiger partial charge is 0.241 e. The summed E-state index contributed by atoms with van der Waals surface area (Å²) in [5.41, 5.74) is 2.42. The summed E-state index contributed by atoms with van der Waals surface area (Å²) in [5.74, 6) is 1.27. The van der Waals surface area contributed by atoms with E-state index >= 15 is 0 Å². The molecule has 26 heavy (non-hydrogen) atoms. The van der Waals surface area contributed by atoms with Crippen molar-refractivity contribution in [2.24, 2.45) is 0 Å². The third kappa shape index (κ3) is 4.38. The van der Waals surface area contributed by atoms with Gasteiger partial charge in [-0.1, -0.05) is 12.1 Å². The van der Waals surface area contributed by atoms with E-state index < -0.39 is 10.0 Å². The Balaban J connectivity index is 1.78. The number of hydrogen-bond donors (Lipinski definition) is 1. The van der Waals surface area contributed by atoms with Crippen LogP contribution in [-0.2, 0) is 21.3 Å². The summed E-state index contributed by atoms with van der Waals surface area (Å²) in [6.07, 6.45) is 0. The quantitative estimate of drug-likeness (QED) is 0.855. The molecule has 1 N–H and O–H groups in total. The molecule has 1 saturated heterocycles. The molecule has 0 bridgehead atoms. The van der Waals surface area contributed by atoms with Crippen molar-refractivity contribution in [1.29, 1.82) is 0 Å². The molecule has 0 unspecified atom stereocenters. The lowest BCUT2D eigenvalue weighted by Crippen LogP contribution is -2.37. The van der Waals surface area contributed by atoms with Gasteiger partial charge in [-0.2, -0.15) is 0 Å². The molecular formula is C18H24N4O3S. The largest absolute Gasteiger partial charge is 0.378 e. The molecule has 0 spiro atoms. The highest BCUT2D eigenvalue weighted by molar-refractivity contribution is 7.89. The van der Waals surface area contributed by atoms with Crippen LogP contribution in [0, 0.1) is 20.8 Å². The topological polar surface area (TPSA) is 84.4 Å². The minimum atomic E-state index is -3.63. The van der Waals surface area contributed by atoms with Crippen molar-refractivity contribution in [3.8, 4) is 0 Å². The second-order valence-electron chi connectivity index (χ2n) is 6.48. The van der Waals surface area contributed by atoms with Crippen LogP contribution in [0.1, 0.15) is 22.6 Å². The predicted octanol–water partition coefficient (Wildman–Crippen LogP) is 1.72. The third-order valence-corrected chi connectivity index (χ3v) is 5.82. The van der Waals surface area contributed by atoms with Crippen LogP contribution >= 0.6 is 0 Å². The summed E-state index contributed by atoms with van der Waals surface area (Å²) in [4.78, 5) is 11.3. The van der Waals surface area contributed by atoms with E-state index in [0.717, 1.165) is 30.2 Å². The maximum absolute atomic E-state index is 12.7. The molecule has 8 heteroatoms. The van der Waals surface area contributed by atoms with Gasteiger partial charge in [-0.15, -0.1) is 0 Å². The number of hydrogen-bond acceptors (Lipinski definition) is 6. The van der Waals surface area contributed by atoms with Crippen LogP contribution in [0.4, 0.5) is 5.82 Å². The van der Waals surface area contributed by atoms with Crippen LogP contribution in [-0.4, -0.2) is 44.7 Å². The number of anilines is 1. The Morgan fingerprint density at radius 3 is 2.58 bits per heavy atom. The molecule has 0 amide bonds. The molecule has 1 aromatic carbocycles. The van der Waals surface area contributed by atoms with Crippen LogP contribution in [0.5, 0.6) is 0 Å². The van der Waals surface area contributed by atoms with Crippen molar-refractivity contribution in [1.82, 2.24) is 14.7 Å². The van der Waals surface area contributed by atoms with Crippen molar-refractivity contribution in [3.05, 3.63) is 46.9 Å². The minimum absolute atomic E-state index is 0.0503. The summed E-state index contributed by atoms with van der Waals surface area (Å²) >= 11 is 0. The summed E-state index contributed by atoms with van der Waals surface area (Å²) < 4.78 is 33.3. The van der Waals surface area contributed by atoms with Crippen molar-refractivity contribution in [2.75, 3.05) is 31.2 Å². The van der Waals surface area contributed by atoms with Gasteiger partial charge in [0.25, 0.3) is 0 Å². The molecule has 2 heterocycles. The normalized spacial score (nSPS) is 15.3. The molecule has 0 saturated carbocycles. The Morgan fingerprint density at radius 2 is 1.85 bits per heavy atom. The first-order valence-electron chi connectivity index (χ1n) is 8.59. The van der Waals surface area contributed by atoms with Crippen LogP contribution in [0.2, 0.25) is 0 Å². The molecule has 1 aromatic heterocycles. The predicted molar refractivity (Wildman–Crippen MR) is 99.7 cm³/mol. The molecule has 7 nitrogen and oxygen atoms in total. The zero-order valence-corrected chi connectivity index (χ0v) is 16.1. The van der Waals surface area contributed by atoms with Gasteiger partial charge in [0.05, 0.1) is 24.7 Å². The second-order valence-corrected chi connectivity index (χ2v) is 8.21. The Labute approximate surface area is 154 Å². The first kappa shape index (κ1) is 18.8. The van der Waals surface area contributed by atoms with E-state index in [0.29, 0.717) is 29.5 Å². The van der Waals surface area contributed by atoms with Gasteiger partial charge in [0, 0.05) is 24.8 Å². The fourth-order valence-corrected chi connectivity index (χ4v) is 4.19. The number of aryl methyl sites for hydroxylation is 3. The van der Waals surface area contributed by atoms with Crippen LogP contribution < -0.4 is 9.62 Å². The lowest BCUT2D eigenvalue weighted by Gasteiger charge is -2.28. The Hall–Kier alpha value is -2.03. The number of rotatable bonds is 5. The van der Waals surface area contributed by atoms with Crippen molar-refractivity contribution < 1.29 is 13.2 Å². The number of nitrogens with one attached hydrogen (secondary N) is 1. The van der Waals surface area contributed by atoms with Crippen LogP contribution in [0.3, 0.4) is 0 Å². The fraction of sp³-hybridized carbons (Fsp3) is 0.444. The molecule has 140 valence electrons. The fourth-order valence-electron chi connectivity index (χ4n) is 2.88. The summed E-state index contributed by atoms with van der Waals surface area (Å²) in [6, 6.07) is 7.29. The molecule has 0 atom stereocenters. The third-order valence-electron chi connectivity index (χ3n) is 4.28. The van der Waals surface area contributed by atoms with Gasteiger partial charge >= 0.3 is 0 Å². The van der Waals surface area contributed by atoms with E-state index in [1.807, 2.05) is 32.0 Å². The van der Waals surface area contributed by atoms with Crippen molar-refractivity contribution in [3.63, 3.8) is 0 Å². The van der Waals surface area contributed by atoms with Crippen LogP contribution in [0.15, 0.2) is 29.2 Å². The van der Waals surface area contributed by atoms with E-state index in [1.54, 1.807) is 13.0 Å². The number of nitrogens with zero attached hydrogens (tertiary/aromatic N) is 3. The number of aromatic nitrogens is 2. The van der Waals surface area contributed by atoms with E-state index in [2.05, 4.69) is 19.6 Å². The zero-order valence-electron chi connectivity index (χ0n) is 15.3. The molecule has 2 aromatic rings. The summed E-state index contributed by atoms with van der Waals surface area (Å²) in [5, 5.41) is 0. The number of benzene rings is 1. The maximum Gasteiger partial charge on any atom is 0.241 e. The van der Waals surface area contributed by atoms with Gasteiger partial charge in [0.1, 0.15) is 11.6 Å². The zero-order chi connectivity index (χ0) is 18.7. The van der Waals surface area contributed by atoms with Gasteiger partial charge in [0.15, 0.2) is 0 Å². The first-order chi connectivity index (χ1) is 12.3. The maximum atomic E-state index is 12.7. The van der Waals surface area contributed by atoms with Gasteiger partial charge in [0.2, 0.25) is 10.0 Å². The van der Waals surface area contributed by atoms with E-state index in [-0.39, 0.29) is 6.54 Å². The summed E-state index contributed by atoms with van der Waals surface area (Å²) in [6.45, 7) is 8.46. The monoisotopic (exact) mass is 376 g/mol. The second kappa shape index (κ2) is 7.69. The Kier molecular flexibility index (Phi) is 5.55. The highest BCUT2D eigenvalue weighted by Crippen LogP contribution is 2.18. The van der Waals surface area contributed by atoms with Gasteiger partial charge in [-0.05, 0) is 38.0 Å². The lowest BCUT2D eigenvalue weighted by atomic mass is 10.2. The standard InChI is InChI=1S/C18H24N4O3S/c1-13-4-5-14(2)16(10-13)26(23,24)19-12-17-20-15(3)11-18(21-17)22-6-8-25-9-7-22/h4-5,10-11,19H,6-9,12H2,1-3H3. The minimum Gasteiger partial charge on any atom is -0.378 e. The molecule has 1 aliphatic rings. The Morgan fingerprint density at radius 1 is 1.12 bits per heavy atom. The Bertz CT molecular complexity index is 893.